The molecule has 1 fully saturated rings. The van der Waals surface area contributed by atoms with Gasteiger partial charge in [-0.25, -0.2) is 17.9 Å². The smallest absolute Gasteiger partial charge is 0.416 e. The average molecular weight is 395 g/mol. The van der Waals surface area contributed by atoms with Crippen molar-refractivity contribution < 1.29 is 31.1 Å². The summed E-state index contributed by atoms with van der Waals surface area (Å²) in [5.41, 5.74) is -0.903. The van der Waals surface area contributed by atoms with Crippen molar-refractivity contribution in [2.24, 2.45) is 0 Å². The van der Waals surface area contributed by atoms with E-state index in [0.717, 1.165) is 24.3 Å². The Hall–Kier alpha value is -1.85. The van der Waals surface area contributed by atoms with Crippen molar-refractivity contribution in [2.45, 2.75) is 11.1 Å². The third-order valence-corrected chi connectivity index (χ3v) is 5.49. The Morgan fingerprint density at radius 1 is 1.15 bits per heavy atom. The second kappa shape index (κ2) is 8.23. The van der Waals surface area contributed by atoms with Crippen molar-refractivity contribution in [3.63, 3.8) is 0 Å². The molecule has 0 bridgehead atoms. The summed E-state index contributed by atoms with van der Waals surface area (Å²) in [4.78, 5) is 14.7. The van der Waals surface area contributed by atoms with Crippen molar-refractivity contribution >= 4 is 16.1 Å². The Labute approximate surface area is 149 Å². The van der Waals surface area contributed by atoms with Gasteiger partial charge in [-0.3, -0.25) is 4.90 Å². The molecule has 0 radical (unpaired) electrons. The first-order chi connectivity index (χ1) is 12.1. The van der Waals surface area contributed by atoms with E-state index in [1.807, 2.05) is 4.90 Å². The maximum Gasteiger partial charge on any atom is 0.416 e. The highest BCUT2D eigenvalue weighted by Gasteiger charge is 2.30. The van der Waals surface area contributed by atoms with Crippen molar-refractivity contribution in [3.8, 4) is 0 Å². The van der Waals surface area contributed by atoms with Crippen molar-refractivity contribution in [3.05, 3.63) is 29.8 Å². The number of methoxy groups -OCH3 is 1. The third kappa shape index (κ3) is 5.32. The van der Waals surface area contributed by atoms with Gasteiger partial charge in [-0.2, -0.15) is 13.2 Å². The predicted octanol–water partition coefficient (Wildman–Crippen LogP) is 1.37. The van der Waals surface area contributed by atoms with E-state index in [2.05, 4.69) is 9.46 Å². The molecule has 1 aliphatic rings. The Bertz CT molecular complexity index is 715. The number of benzene rings is 1. The normalized spacial score (nSPS) is 16.5. The van der Waals surface area contributed by atoms with Gasteiger partial charge in [0.15, 0.2) is 0 Å². The number of ether oxygens (including phenoxy) is 1. The van der Waals surface area contributed by atoms with Crippen LogP contribution < -0.4 is 4.72 Å². The summed E-state index contributed by atoms with van der Waals surface area (Å²) < 4.78 is 68.8. The molecule has 1 heterocycles. The molecule has 0 aromatic heterocycles. The average Bonchev–Trinajstić information content (AvgIpc) is 2.61. The molecule has 11 heteroatoms. The predicted molar refractivity (Wildman–Crippen MR) is 87.1 cm³/mol. The lowest BCUT2D eigenvalue weighted by Crippen LogP contribution is -2.50. The van der Waals surface area contributed by atoms with Crippen LogP contribution in [-0.4, -0.2) is 70.7 Å². The summed E-state index contributed by atoms with van der Waals surface area (Å²) in [5, 5.41) is 0. The van der Waals surface area contributed by atoms with E-state index in [1.54, 1.807) is 4.90 Å². The van der Waals surface area contributed by atoms with Crippen LogP contribution in [0.3, 0.4) is 0 Å². The number of nitrogens with zero attached hydrogens (tertiary/aromatic N) is 2. The monoisotopic (exact) mass is 395 g/mol. The van der Waals surface area contributed by atoms with Gasteiger partial charge in [-0.15, -0.1) is 0 Å². The molecule has 0 atom stereocenters. The number of hydrogen-bond acceptors (Lipinski definition) is 5. The molecule has 26 heavy (non-hydrogen) atoms. The Morgan fingerprint density at radius 3 is 2.23 bits per heavy atom. The minimum absolute atomic E-state index is 0.113. The highest BCUT2D eigenvalue weighted by Crippen LogP contribution is 2.29. The van der Waals surface area contributed by atoms with Crippen molar-refractivity contribution in [1.29, 1.82) is 0 Å². The molecule has 1 aromatic rings. The zero-order valence-electron chi connectivity index (χ0n) is 14.1. The van der Waals surface area contributed by atoms with Crippen LogP contribution >= 0.6 is 0 Å². The third-order valence-electron chi connectivity index (χ3n) is 4.02. The van der Waals surface area contributed by atoms with Crippen LogP contribution in [0.1, 0.15) is 5.56 Å². The summed E-state index contributed by atoms with van der Waals surface area (Å²) in [7, 11) is -2.57. The van der Waals surface area contributed by atoms with Crippen LogP contribution in [0.25, 0.3) is 0 Å². The molecule has 0 saturated carbocycles. The van der Waals surface area contributed by atoms with E-state index in [4.69, 9.17) is 0 Å². The van der Waals surface area contributed by atoms with E-state index in [-0.39, 0.29) is 11.4 Å². The first-order valence-corrected chi connectivity index (χ1v) is 9.34. The molecule has 1 N–H and O–H groups in total. The summed E-state index contributed by atoms with van der Waals surface area (Å²) in [6, 6.07) is 3.34. The minimum atomic E-state index is -4.51. The van der Waals surface area contributed by atoms with Gasteiger partial charge in [-0.1, -0.05) is 0 Å². The first kappa shape index (κ1) is 20.5. The van der Waals surface area contributed by atoms with Crippen LogP contribution in [0.4, 0.5) is 18.0 Å². The second-order valence-corrected chi connectivity index (χ2v) is 7.49. The molecule has 1 aromatic carbocycles. The van der Waals surface area contributed by atoms with E-state index in [1.165, 1.54) is 7.11 Å². The highest BCUT2D eigenvalue weighted by atomic mass is 32.2. The van der Waals surface area contributed by atoms with E-state index >= 15 is 0 Å². The number of halogens is 3. The van der Waals surface area contributed by atoms with Gasteiger partial charge < -0.3 is 9.64 Å². The molecule has 0 unspecified atom stereocenters. The quantitative estimate of drug-likeness (QED) is 0.815. The molecule has 1 aliphatic heterocycles. The second-order valence-electron chi connectivity index (χ2n) is 5.72. The van der Waals surface area contributed by atoms with Gasteiger partial charge in [0, 0.05) is 39.3 Å². The lowest BCUT2D eigenvalue weighted by molar-refractivity contribution is -0.137. The van der Waals surface area contributed by atoms with Crippen molar-refractivity contribution in [2.75, 3.05) is 46.4 Å². The highest BCUT2D eigenvalue weighted by molar-refractivity contribution is 7.89. The number of piperazine rings is 1. The molecule has 1 amide bonds. The molecule has 1 saturated heterocycles. The minimum Gasteiger partial charge on any atom is -0.453 e. The maximum atomic E-state index is 12.5. The zero-order valence-corrected chi connectivity index (χ0v) is 14.9. The standard InChI is InChI=1S/C15H20F3N3O4S/c1-25-14(22)21-10-8-20(9-11-21)7-6-19-26(23,24)13-4-2-12(3-5-13)15(16,17)18/h2-5,19H,6-11H2,1H3. The van der Waals surface area contributed by atoms with Gasteiger partial charge >= 0.3 is 12.3 Å². The molecule has 2 rings (SSSR count). The Kier molecular flexibility index (Phi) is 6.48. The van der Waals surface area contributed by atoms with Crippen LogP contribution in [0.2, 0.25) is 0 Å². The van der Waals surface area contributed by atoms with Gasteiger partial charge in [0.2, 0.25) is 10.0 Å². The number of nitrogens with one attached hydrogen (secondary N) is 1. The number of hydrogen-bond donors (Lipinski definition) is 1. The van der Waals surface area contributed by atoms with Crippen LogP contribution in [0, 0.1) is 0 Å². The Morgan fingerprint density at radius 2 is 1.73 bits per heavy atom. The van der Waals surface area contributed by atoms with Crippen molar-refractivity contribution in [1.82, 2.24) is 14.5 Å². The lowest BCUT2D eigenvalue weighted by atomic mass is 10.2. The number of amides is 1. The summed E-state index contributed by atoms with van der Waals surface area (Å²) >= 11 is 0. The molecule has 0 spiro atoms. The molecular formula is C15H20F3N3O4S. The fourth-order valence-corrected chi connectivity index (χ4v) is 3.55. The lowest BCUT2D eigenvalue weighted by Gasteiger charge is -2.33. The summed E-state index contributed by atoms with van der Waals surface area (Å²) in [6.07, 6.45) is -4.91. The topological polar surface area (TPSA) is 79.0 Å². The number of carbonyl (C=O) groups excluding carboxylic acids is 1. The largest absolute Gasteiger partial charge is 0.453 e. The van der Waals surface area contributed by atoms with Gasteiger partial charge in [-0.05, 0) is 24.3 Å². The molecule has 146 valence electrons. The van der Waals surface area contributed by atoms with E-state index in [9.17, 15) is 26.4 Å². The zero-order chi connectivity index (χ0) is 19.4. The molecule has 0 aliphatic carbocycles. The summed E-state index contributed by atoms with van der Waals surface area (Å²) in [5.74, 6) is 0. The summed E-state index contributed by atoms with van der Waals surface area (Å²) in [6.45, 7) is 2.67. The number of sulfonamides is 1. The van der Waals surface area contributed by atoms with Gasteiger partial charge in [0.1, 0.15) is 0 Å². The maximum absolute atomic E-state index is 12.5. The number of carbonyl (C=O) groups is 1. The van der Waals surface area contributed by atoms with E-state index in [0.29, 0.717) is 32.7 Å². The van der Waals surface area contributed by atoms with Crippen LogP contribution in [0.15, 0.2) is 29.2 Å². The SMILES string of the molecule is COC(=O)N1CCN(CCNS(=O)(=O)c2ccc(C(F)(F)F)cc2)CC1. The first-order valence-electron chi connectivity index (χ1n) is 7.85. The number of alkyl halides is 3. The van der Waals surface area contributed by atoms with E-state index < -0.39 is 27.9 Å². The number of rotatable bonds is 5. The van der Waals surface area contributed by atoms with Crippen LogP contribution in [-0.2, 0) is 20.9 Å². The fourth-order valence-electron chi connectivity index (χ4n) is 2.53. The van der Waals surface area contributed by atoms with Crippen LogP contribution in [0.5, 0.6) is 0 Å². The van der Waals surface area contributed by atoms with Gasteiger partial charge in [0.25, 0.3) is 0 Å². The molecular weight excluding hydrogens is 375 g/mol. The fraction of sp³-hybridized carbons (Fsp3) is 0.533. The molecule has 7 nitrogen and oxygen atoms in total. The Balaban J connectivity index is 1.83. The van der Waals surface area contributed by atoms with Gasteiger partial charge in [0.05, 0.1) is 17.6 Å².